The van der Waals surface area contributed by atoms with Crippen molar-refractivity contribution < 1.29 is 9.59 Å². The second-order valence-electron chi connectivity index (χ2n) is 4.98. The number of aromatic nitrogens is 1. The first-order valence-corrected chi connectivity index (χ1v) is 7.40. The van der Waals surface area contributed by atoms with Gasteiger partial charge in [0.2, 0.25) is 11.8 Å². The highest BCUT2D eigenvalue weighted by Crippen LogP contribution is 2.21. The van der Waals surface area contributed by atoms with E-state index in [1.54, 1.807) is 23.5 Å². The molecule has 3 atom stereocenters. The molecule has 1 aliphatic heterocycles. The van der Waals surface area contributed by atoms with Crippen LogP contribution in [-0.2, 0) is 16.1 Å². The standard InChI is InChI=1S/C13H19N3O2S/c1-4-8(2)11-13(18)16(9(3)12(17)15-11)6-10-5-14-7-19-10/h5,7-9,11H,4,6H2,1-3H3,(H,15,17). The molecule has 1 aromatic heterocycles. The fraction of sp³-hybridized carbons (Fsp3) is 0.615. The van der Waals surface area contributed by atoms with Crippen LogP contribution in [0.15, 0.2) is 11.7 Å². The molecule has 1 aromatic rings. The van der Waals surface area contributed by atoms with E-state index in [0.717, 1.165) is 11.3 Å². The van der Waals surface area contributed by atoms with Gasteiger partial charge in [0, 0.05) is 11.1 Å². The summed E-state index contributed by atoms with van der Waals surface area (Å²) < 4.78 is 0. The summed E-state index contributed by atoms with van der Waals surface area (Å²) in [6.45, 7) is 6.24. The van der Waals surface area contributed by atoms with Crippen LogP contribution in [0.3, 0.4) is 0 Å². The van der Waals surface area contributed by atoms with Gasteiger partial charge in [-0.15, -0.1) is 11.3 Å². The largest absolute Gasteiger partial charge is 0.342 e. The molecular formula is C13H19N3O2S. The predicted molar refractivity (Wildman–Crippen MR) is 73.5 cm³/mol. The minimum Gasteiger partial charge on any atom is -0.342 e. The molecule has 1 aliphatic rings. The van der Waals surface area contributed by atoms with Crippen molar-refractivity contribution in [2.75, 3.05) is 0 Å². The number of nitrogens with zero attached hydrogens (tertiary/aromatic N) is 2. The summed E-state index contributed by atoms with van der Waals surface area (Å²) in [5.74, 6) is 0.0807. The van der Waals surface area contributed by atoms with Gasteiger partial charge in [0.1, 0.15) is 12.1 Å². The predicted octanol–water partition coefficient (Wildman–Crippen LogP) is 1.40. The lowest BCUT2D eigenvalue weighted by Crippen LogP contribution is -2.63. The van der Waals surface area contributed by atoms with Gasteiger partial charge in [-0.25, -0.2) is 0 Å². The fourth-order valence-electron chi connectivity index (χ4n) is 2.17. The molecule has 6 heteroatoms. The number of piperazine rings is 1. The number of thiazole rings is 1. The van der Waals surface area contributed by atoms with Gasteiger partial charge in [-0.3, -0.25) is 14.6 Å². The molecule has 0 spiro atoms. The van der Waals surface area contributed by atoms with Gasteiger partial charge >= 0.3 is 0 Å². The van der Waals surface area contributed by atoms with E-state index in [2.05, 4.69) is 10.3 Å². The molecule has 0 aromatic carbocycles. The lowest BCUT2D eigenvalue weighted by molar-refractivity contribution is -0.150. The zero-order valence-electron chi connectivity index (χ0n) is 11.4. The molecule has 1 saturated heterocycles. The maximum absolute atomic E-state index is 12.5. The molecule has 0 bridgehead atoms. The monoisotopic (exact) mass is 281 g/mol. The van der Waals surface area contributed by atoms with Crippen molar-refractivity contribution in [3.05, 3.63) is 16.6 Å². The zero-order valence-corrected chi connectivity index (χ0v) is 12.2. The lowest BCUT2D eigenvalue weighted by Gasteiger charge is -2.39. The second-order valence-corrected chi connectivity index (χ2v) is 5.95. The van der Waals surface area contributed by atoms with Crippen molar-refractivity contribution >= 4 is 23.2 Å². The highest BCUT2D eigenvalue weighted by molar-refractivity contribution is 7.09. The first-order valence-electron chi connectivity index (χ1n) is 6.52. The minimum absolute atomic E-state index is 0.00912. The van der Waals surface area contributed by atoms with E-state index < -0.39 is 12.1 Å². The van der Waals surface area contributed by atoms with Gasteiger partial charge < -0.3 is 10.2 Å². The number of carbonyl (C=O) groups is 2. The van der Waals surface area contributed by atoms with Crippen LogP contribution in [0.4, 0.5) is 0 Å². The molecule has 3 unspecified atom stereocenters. The Labute approximate surface area is 117 Å². The van der Waals surface area contributed by atoms with Crippen LogP contribution < -0.4 is 5.32 Å². The Bertz CT molecular complexity index is 460. The number of carbonyl (C=O) groups excluding carboxylic acids is 2. The number of hydrogen-bond acceptors (Lipinski definition) is 4. The molecule has 5 nitrogen and oxygen atoms in total. The van der Waals surface area contributed by atoms with E-state index in [1.807, 2.05) is 13.8 Å². The lowest BCUT2D eigenvalue weighted by atomic mass is 9.94. The van der Waals surface area contributed by atoms with E-state index in [-0.39, 0.29) is 17.7 Å². The first-order chi connectivity index (χ1) is 9.04. The molecular weight excluding hydrogens is 262 g/mol. The van der Waals surface area contributed by atoms with Crippen LogP contribution in [0.25, 0.3) is 0 Å². The van der Waals surface area contributed by atoms with E-state index in [4.69, 9.17) is 0 Å². The fourth-order valence-corrected chi connectivity index (χ4v) is 2.76. The molecule has 19 heavy (non-hydrogen) atoms. The Kier molecular flexibility index (Phi) is 4.19. The third-order valence-electron chi connectivity index (χ3n) is 3.72. The number of rotatable bonds is 4. The third-order valence-corrected chi connectivity index (χ3v) is 4.48. The normalized spacial score (nSPS) is 25.3. The molecule has 0 saturated carbocycles. The highest BCUT2D eigenvalue weighted by Gasteiger charge is 2.40. The van der Waals surface area contributed by atoms with Crippen LogP contribution >= 0.6 is 11.3 Å². The SMILES string of the molecule is CCC(C)C1NC(=O)C(C)N(Cc2cncs2)C1=O. The van der Waals surface area contributed by atoms with Crippen LogP contribution in [0, 0.1) is 5.92 Å². The van der Waals surface area contributed by atoms with Crippen molar-refractivity contribution in [1.82, 2.24) is 15.2 Å². The van der Waals surface area contributed by atoms with E-state index in [9.17, 15) is 9.59 Å². The summed E-state index contributed by atoms with van der Waals surface area (Å²) in [5, 5.41) is 2.83. The van der Waals surface area contributed by atoms with Crippen LogP contribution in [0.5, 0.6) is 0 Å². The summed E-state index contributed by atoms with van der Waals surface area (Å²) in [5.41, 5.74) is 1.74. The molecule has 0 radical (unpaired) electrons. The highest BCUT2D eigenvalue weighted by atomic mass is 32.1. The maximum atomic E-state index is 12.5. The van der Waals surface area contributed by atoms with Crippen molar-refractivity contribution in [2.45, 2.75) is 45.8 Å². The van der Waals surface area contributed by atoms with Gasteiger partial charge in [-0.05, 0) is 12.8 Å². The van der Waals surface area contributed by atoms with E-state index in [0.29, 0.717) is 6.54 Å². The van der Waals surface area contributed by atoms with E-state index >= 15 is 0 Å². The van der Waals surface area contributed by atoms with Gasteiger partial charge in [-0.2, -0.15) is 0 Å². The quantitative estimate of drug-likeness (QED) is 0.907. The molecule has 1 N–H and O–H groups in total. The van der Waals surface area contributed by atoms with Crippen LogP contribution in [0.1, 0.15) is 32.1 Å². The third kappa shape index (κ3) is 2.78. The number of nitrogens with one attached hydrogen (secondary N) is 1. The molecule has 2 amide bonds. The first kappa shape index (κ1) is 14.0. The average molecular weight is 281 g/mol. The average Bonchev–Trinajstić information content (AvgIpc) is 2.91. The maximum Gasteiger partial charge on any atom is 0.246 e. The van der Waals surface area contributed by atoms with Gasteiger partial charge in [0.15, 0.2) is 0 Å². The van der Waals surface area contributed by atoms with E-state index in [1.165, 1.54) is 11.3 Å². The number of hydrogen-bond donors (Lipinski definition) is 1. The van der Waals surface area contributed by atoms with Gasteiger partial charge in [-0.1, -0.05) is 20.3 Å². The number of amides is 2. The molecule has 104 valence electrons. The van der Waals surface area contributed by atoms with Crippen molar-refractivity contribution in [1.29, 1.82) is 0 Å². The minimum atomic E-state index is -0.421. The summed E-state index contributed by atoms with van der Waals surface area (Å²) in [6, 6.07) is -0.823. The van der Waals surface area contributed by atoms with Gasteiger partial charge in [0.05, 0.1) is 12.1 Å². The molecule has 2 rings (SSSR count). The molecule has 0 aliphatic carbocycles. The Morgan fingerprint density at radius 1 is 1.53 bits per heavy atom. The van der Waals surface area contributed by atoms with Crippen molar-refractivity contribution in [2.24, 2.45) is 5.92 Å². The second kappa shape index (κ2) is 5.69. The Balaban J connectivity index is 2.19. The summed E-state index contributed by atoms with van der Waals surface area (Å²) in [4.78, 5) is 31.2. The Morgan fingerprint density at radius 3 is 2.84 bits per heavy atom. The summed E-state index contributed by atoms with van der Waals surface area (Å²) >= 11 is 1.50. The Morgan fingerprint density at radius 2 is 2.26 bits per heavy atom. The Hall–Kier alpha value is -1.43. The smallest absolute Gasteiger partial charge is 0.246 e. The van der Waals surface area contributed by atoms with Crippen LogP contribution in [0.2, 0.25) is 0 Å². The van der Waals surface area contributed by atoms with Crippen molar-refractivity contribution in [3.8, 4) is 0 Å². The molecule has 1 fully saturated rings. The molecule has 2 heterocycles. The topological polar surface area (TPSA) is 62.3 Å². The summed E-state index contributed by atoms with van der Waals surface area (Å²) in [7, 11) is 0. The van der Waals surface area contributed by atoms with Crippen LogP contribution in [-0.4, -0.2) is 33.8 Å². The summed E-state index contributed by atoms with van der Waals surface area (Å²) in [6.07, 6.45) is 2.61. The van der Waals surface area contributed by atoms with Gasteiger partial charge in [0.25, 0.3) is 0 Å². The zero-order chi connectivity index (χ0) is 14.0. The van der Waals surface area contributed by atoms with Crippen molar-refractivity contribution in [3.63, 3.8) is 0 Å².